The molecule has 1 fully saturated rings. The van der Waals surface area contributed by atoms with Gasteiger partial charge in [0.1, 0.15) is 0 Å². The number of hydrogen-bond acceptors (Lipinski definition) is 3. The molecule has 4 heteroatoms. The van der Waals surface area contributed by atoms with Crippen LogP contribution in [0.15, 0.2) is 0 Å². The molecule has 0 saturated carbocycles. The summed E-state index contributed by atoms with van der Waals surface area (Å²) in [6.07, 6.45) is 2.49. The van der Waals surface area contributed by atoms with E-state index in [1.54, 1.807) is 0 Å². The third-order valence-corrected chi connectivity index (χ3v) is 4.45. The van der Waals surface area contributed by atoms with Crippen molar-refractivity contribution in [2.24, 2.45) is 5.92 Å². The van der Waals surface area contributed by atoms with Crippen LogP contribution >= 0.6 is 0 Å². The normalized spacial score (nSPS) is 22.1. The van der Waals surface area contributed by atoms with E-state index in [4.69, 9.17) is 0 Å². The molecule has 0 radical (unpaired) electrons. The average molecular weight is 297 g/mol. The molecule has 0 aliphatic carbocycles. The Morgan fingerprint density at radius 3 is 2.19 bits per heavy atom. The van der Waals surface area contributed by atoms with Crippen molar-refractivity contribution in [3.05, 3.63) is 0 Å². The highest BCUT2D eigenvalue weighted by Crippen LogP contribution is 2.21. The minimum absolute atomic E-state index is 0.000220. The molecule has 1 heterocycles. The maximum absolute atomic E-state index is 12.8. The highest BCUT2D eigenvalue weighted by atomic mass is 16.2. The van der Waals surface area contributed by atoms with Crippen LogP contribution in [-0.2, 0) is 4.79 Å². The molecule has 0 aromatic heterocycles. The molecule has 0 spiro atoms. The fourth-order valence-corrected chi connectivity index (χ4v) is 3.59. The van der Waals surface area contributed by atoms with Gasteiger partial charge >= 0.3 is 0 Å². The maximum atomic E-state index is 12.8. The summed E-state index contributed by atoms with van der Waals surface area (Å²) in [6, 6.07) is 0.532. The number of carbonyl (C=O) groups is 1. The summed E-state index contributed by atoms with van der Waals surface area (Å²) in [4.78, 5) is 19.5. The summed E-state index contributed by atoms with van der Waals surface area (Å²) in [5.41, 5.74) is 0. The fourth-order valence-electron chi connectivity index (χ4n) is 3.59. The predicted octanol–water partition coefficient (Wildman–Crippen LogP) is 2.29. The van der Waals surface area contributed by atoms with Crippen molar-refractivity contribution in [3.8, 4) is 0 Å². The Morgan fingerprint density at radius 1 is 1.14 bits per heavy atom. The van der Waals surface area contributed by atoms with Gasteiger partial charge in [-0.1, -0.05) is 0 Å². The summed E-state index contributed by atoms with van der Waals surface area (Å²) < 4.78 is 0. The first-order valence-corrected chi connectivity index (χ1v) is 8.45. The van der Waals surface area contributed by atoms with E-state index in [1.165, 1.54) is 12.8 Å². The minimum atomic E-state index is -0.000220. The van der Waals surface area contributed by atoms with Crippen molar-refractivity contribution in [1.29, 1.82) is 0 Å². The van der Waals surface area contributed by atoms with E-state index in [-0.39, 0.29) is 24.0 Å². The van der Waals surface area contributed by atoms with Gasteiger partial charge in [-0.25, -0.2) is 0 Å². The Kier molecular flexibility index (Phi) is 7.14. The Hall–Kier alpha value is -0.610. The molecule has 4 nitrogen and oxygen atoms in total. The van der Waals surface area contributed by atoms with Gasteiger partial charge in [0.15, 0.2) is 0 Å². The Bertz CT molecular complexity index is 320. The van der Waals surface area contributed by atoms with Gasteiger partial charge in [-0.3, -0.25) is 9.69 Å². The summed E-state index contributed by atoms with van der Waals surface area (Å²) in [6.45, 7) is 13.7. The lowest BCUT2D eigenvalue weighted by atomic mass is 9.96. The smallest absolute Gasteiger partial charge is 0.240 e. The van der Waals surface area contributed by atoms with Crippen LogP contribution in [0.3, 0.4) is 0 Å². The molecule has 1 saturated heterocycles. The second-order valence-corrected chi connectivity index (χ2v) is 7.37. The van der Waals surface area contributed by atoms with Gasteiger partial charge in [0.2, 0.25) is 5.91 Å². The zero-order chi connectivity index (χ0) is 16.2. The van der Waals surface area contributed by atoms with Crippen molar-refractivity contribution >= 4 is 5.91 Å². The lowest BCUT2D eigenvalue weighted by molar-refractivity contribution is -0.140. The third-order valence-electron chi connectivity index (χ3n) is 4.45. The van der Waals surface area contributed by atoms with E-state index in [1.807, 2.05) is 4.90 Å². The molecule has 124 valence electrons. The highest BCUT2D eigenvalue weighted by Gasteiger charge is 2.31. The summed E-state index contributed by atoms with van der Waals surface area (Å²) in [7, 11) is 4.26. The van der Waals surface area contributed by atoms with Crippen LogP contribution in [0.25, 0.3) is 0 Å². The van der Waals surface area contributed by atoms with Crippen LogP contribution in [0.4, 0.5) is 0 Å². The number of amides is 1. The van der Waals surface area contributed by atoms with Crippen LogP contribution in [0.2, 0.25) is 0 Å². The van der Waals surface area contributed by atoms with Crippen LogP contribution in [-0.4, -0.2) is 72.5 Å². The molecule has 0 aromatic rings. The van der Waals surface area contributed by atoms with Crippen LogP contribution in [0, 0.1) is 5.92 Å². The van der Waals surface area contributed by atoms with Crippen LogP contribution in [0.1, 0.15) is 47.5 Å². The minimum Gasteiger partial charge on any atom is -0.336 e. The lowest BCUT2D eigenvalue weighted by Crippen LogP contribution is -2.54. The Labute approximate surface area is 131 Å². The average Bonchev–Trinajstić information content (AvgIpc) is 2.36. The topological polar surface area (TPSA) is 26.8 Å². The van der Waals surface area contributed by atoms with Crippen molar-refractivity contribution < 1.29 is 4.79 Å². The molecule has 1 aliphatic heterocycles. The van der Waals surface area contributed by atoms with Crippen molar-refractivity contribution in [1.82, 2.24) is 14.7 Å². The second-order valence-electron chi connectivity index (χ2n) is 7.37. The molecule has 0 bridgehead atoms. The zero-order valence-electron chi connectivity index (χ0n) is 15.1. The number of nitrogens with zero attached hydrogens (tertiary/aromatic N) is 3. The number of likely N-dealkylation sites (tertiary alicyclic amines) is 1. The monoisotopic (exact) mass is 297 g/mol. The number of rotatable bonds is 6. The van der Waals surface area contributed by atoms with Gasteiger partial charge in [0.25, 0.3) is 0 Å². The molecular weight excluding hydrogens is 262 g/mol. The first-order valence-electron chi connectivity index (χ1n) is 8.45. The van der Waals surface area contributed by atoms with Crippen LogP contribution in [0.5, 0.6) is 0 Å². The standard InChI is InChI=1S/C17H35N3O/c1-13(2)20(14(3)4)17(21)15(5)19-10-8-9-16(12-19)11-18(6)7/h13-16H,8-12H2,1-7H3/t15-,16-/m1/s1. The molecular formula is C17H35N3O. The number of carbonyl (C=O) groups excluding carboxylic acids is 1. The van der Waals surface area contributed by atoms with E-state index in [9.17, 15) is 4.79 Å². The lowest BCUT2D eigenvalue weighted by Gasteiger charge is -2.40. The number of piperidine rings is 1. The van der Waals surface area contributed by atoms with Gasteiger partial charge in [-0.05, 0) is 74.0 Å². The van der Waals surface area contributed by atoms with Crippen molar-refractivity contribution in [2.75, 3.05) is 33.7 Å². The predicted molar refractivity (Wildman–Crippen MR) is 89.4 cm³/mol. The quantitative estimate of drug-likeness (QED) is 0.752. The van der Waals surface area contributed by atoms with Gasteiger partial charge in [-0.15, -0.1) is 0 Å². The summed E-state index contributed by atoms with van der Waals surface area (Å²) in [5.74, 6) is 0.973. The van der Waals surface area contributed by atoms with Gasteiger partial charge in [0, 0.05) is 25.2 Å². The summed E-state index contributed by atoms with van der Waals surface area (Å²) in [5, 5.41) is 0. The largest absolute Gasteiger partial charge is 0.336 e. The van der Waals surface area contributed by atoms with Gasteiger partial charge in [-0.2, -0.15) is 0 Å². The Morgan fingerprint density at radius 2 is 1.71 bits per heavy atom. The number of hydrogen-bond donors (Lipinski definition) is 0. The van der Waals surface area contributed by atoms with E-state index in [0.29, 0.717) is 5.92 Å². The molecule has 0 aromatic carbocycles. The molecule has 1 amide bonds. The first-order chi connectivity index (χ1) is 9.73. The zero-order valence-corrected chi connectivity index (χ0v) is 15.1. The van der Waals surface area contributed by atoms with Crippen molar-refractivity contribution in [3.63, 3.8) is 0 Å². The van der Waals surface area contributed by atoms with E-state index in [0.717, 1.165) is 19.6 Å². The summed E-state index contributed by atoms with van der Waals surface area (Å²) >= 11 is 0. The van der Waals surface area contributed by atoms with Gasteiger partial charge < -0.3 is 9.80 Å². The molecule has 0 unspecified atom stereocenters. The maximum Gasteiger partial charge on any atom is 0.240 e. The second kappa shape index (κ2) is 8.14. The Balaban J connectivity index is 2.68. The molecule has 2 atom stereocenters. The molecule has 1 aliphatic rings. The highest BCUT2D eigenvalue weighted by molar-refractivity contribution is 5.82. The van der Waals surface area contributed by atoms with Crippen molar-refractivity contribution in [2.45, 2.75) is 65.6 Å². The van der Waals surface area contributed by atoms with Gasteiger partial charge in [0.05, 0.1) is 6.04 Å². The fraction of sp³-hybridized carbons (Fsp3) is 0.941. The third kappa shape index (κ3) is 5.26. The molecule has 1 rings (SSSR count). The van der Waals surface area contributed by atoms with Crippen LogP contribution < -0.4 is 0 Å². The van der Waals surface area contributed by atoms with E-state index in [2.05, 4.69) is 58.5 Å². The van der Waals surface area contributed by atoms with E-state index >= 15 is 0 Å². The molecule has 0 N–H and O–H groups in total. The molecule has 21 heavy (non-hydrogen) atoms. The van der Waals surface area contributed by atoms with E-state index < -0.39 is 0 Å². The SMILES string of the molecule is CC(C)N(C(=O)[C@@H](C)N1CCC[C@H](CN(C)C)C1)C(C)C. The first kappa shape index (κ1) is 18.4.